The number of fused-ring (bicyclic) bond motifs is 1. The third-order valence-corrected chi connectivity index (χ3v) is 5.87. The van der Waals surface area contributed by atoms with Crippen LogP contribution >= 0.6 is 0 Å². The third-order valence-electron chi connectivity index (χ3n) is 5.87. The second-order valence-corrected chi connectivity index (χ2v) is 8.12. The molecule has 9 heteroatoms. The molecule has 0 aliphatic carbocycles. The Morgan fingerprint density at radius 3 is 2.09 bits per heavy atom. The predicted octanol–water partition coefficient (Wildman–Crippen LogP) is 4.94. The fourth-order valence-electron chi connectivity index (χ4n) is 4.37. The van der Waals surface area contributed by atoms with Crippen LogP contribution in [0.5, 0.6) is 5.75 Å². The number of alkyl halides is 3. The van der Waals surface area contributed by atoms with E-state index < -0.39 is 36.2 Å². The maximum absolute atomic E-state index is 13.5. The van der Waals surface area contributed by atoms with E-state index in [0.29, 0.717) is 16.9 Å². The Morgan fingerprint density at radius 1 is 0.824 bits per heavy atom. The molecule has 0 bridgehead atoms. The van der Waals surface area contributed by atoms with Crippen LogP contribution in [0.3, 0.4) is 0 Å². The number of halogens is 3. The summed E-state index contributed by atoms with van der Waals surface area (Å²) in [7, 11) is 0. The van der Waals surface area contributed by atoms with E-state index >= 15 is 0 Å². The molecule has 3 aromatic carbocycles. The first kappa shape index (κ1) is 22.0. The van der Waals surface area contributed by atoms with Gasteiger partial charge in [-0.05, 0) is 48.9 Å². The van der Waals surface area contributed by atoms with Gasteiger partial charge in [0.2, 0.25) is 5.91 Å². The second-order valence-electron chi connectivity index (χ2n) is 8.12. The third kappa shape index (κ3) is 3.88. The van der Waals surface area contributed by atoms with Crippen LogP contribution in [0.1, 0.15) is 17.2 Å². The van der Waals surface area contributed by atoms with Gasteiger partial charge in [0.05, 0.1) is 17.4 Å². The van der Waals surface area contributed by atoms with Gasteiger partial charge in [-0.2, -0.15) is 0 Å². The van der Waals surface area contributed by atoms with Crippen LogP contribution in [0.2, 0.25) is 0 Å². The lowest BCUT2D eigenvalue weighted by molar-refractivity contribution is -0.274. The highest BCUT2D eigenvalue weighted by Crippen LogP contribution is 2.47. The average molecular weight is 468 g/mol. The fourth-order valence-corrected chi connectivity index (χ4v) is 4.37. The van der Waals surface area contributed by atoms with Crippen molar-refractivity contribution in [2.45, 2.75) is 25.4 Å². The zero-order valence-electron chi connectivity index (χ0n) is 17.9. The molecular weight excluding hydrogens is 449 g/mol. The van der Waals surface area contributed by atoms with Gasteiger partial charge in [0, 0.05) is 0 Å². The van der Waals surface area contributed by atoms with Gasteiger partial charge in [0.25, 0.3) is 5.91 Å². The van der Waals surface area contributed by atoms with Crippen molar-refractivity contribution in [2.75, 3.05) is 9.96 Å². The largest absolute Gasteiger partial charge is 0.573 e. The van der Waals surface area contributed by atoms with Crippen molar-refractivity contribution < 1.29 is 32.3 Å². The first-order valence-electron chi connectivity index (χ1n) is 10.5. The minimum atomic E-state index is -4.82. The average Bonchev–Trinajstić information content (AvgIpc) is 3.31. The monoisotopic (exact) mass is 468 g/mol. The Balaban J connectivity index is 1.53. The van der Waals surface area contributed by atoms with E-state index in [1.54, 1.807) is 48.5 Å². The molecule has 3 atom stereocenters. The fraction of sp³-hybridized carbons (Fsp3) is 0.200. The van der Waals surface area contributed by atoms with Crippen LogP contribution in [-0.4, -0.2) is 24.3 Å². The van der Waals surface area contributed by atoms with Crippen molar-refractivity contribution in [3.05, 3.63) is 90.0 Å². The van der Waals surface area contributed by atoms with Crippen molar-refractivity contribution in [2.24, 2.45) is 5.92 Å². The summed E-state index contributed by atoms with van der Waals surface area (Å²) < 4.78 is 41.7. The van der Waals surface area contributed by atoms with Crippen LogP contribution in [0.4, 0.5) is 24.5 Å². The van der Waals surface area contributed by atoms with Gasteiger partial charge in [-0.3, -0.25) is 14.4 Å². The molecule has 6 nitrogen and oxygen atoms in total. The highest BCUT2D eigenvalue weighted by molar-refractivity contribution is 6.23. The maximum Gasteiger partial charge on any atom is 0.573 e. The van der Waals surface area contributed by atoms with Gasteiger partial charge in [-0.1, -0.05) is 48.0 Å². The SMILES string of the molecule is Cc1ccc(N2C(=O)[C@H]3[C@H](ON(c4ccccc4)[C@H]3c3ccc(OC(F)(F)F)cc3)C2=O)cc1. The van der Waals surface area contributed by atoms with Crippen LogP contribution in [0.15, 0.2) is 78.9 Å². The molecule has 2 amide bonds. The van der Waals surface area contributed by atoms with Crippen molar-refractivity contribution in [3.63, 3.8) is 0 Å². The van der Waals surface area contributed by atoms with Crippen LogP contribution < -0.4 is 14.7 Å². The van der Waals surface area contributed by atoms with E-state index in [0.717, 1.165) is 10.5 Å². The summed E-state index contributed by atoms with van der Waals surface area (Å²) in [5, 5.41) is 1.48. The first-order valence-corrected chi connectivity index (χ1v) is 10.5. The molecule has 0 unspecified atom stereocenters. The van der Waals surface area contributed by atoms with Gasteiger partial charge in [-0.25, -0.2) is 9.96 Å². The van der Waals surface area contributed by atoms with Crippen LogP contribution in [-0.2, 0) is 14.4 Å². The molecule has 0 spiro atoms. The zero-order valence-corrected chi connectivity index (χ0v) is 17.9. The van der Waals surface area contributed by atoms with Gasteiger partial charge < -0.3 is 4.74 Å². The topological polar surface area (TPSA) is 59.1 Å². The Kier molecular flexibility index (Phi) is 5.28. The number of nitrogens with zero attached hydrogens (tertiary/aromatic N) is 2. The molecule has 3 aromatic rings. The molecule has 5 rings (SSSR count). The minimum Gasteiger partial charge on any atom is -0.406 e. The number of ether oxygens (including phenoxy) is 1. The first-order chi connectivity index (χ1) is 16.2. The number of anilines is 2. The Morgan fingerprint density at radius 2 is 1.47 bits per heavy atom. The van der Waals surface area contributed by atoms with E-state index in [-0.39, 0.29) is 5.75 Å². The zero-order chi connectivity index (χ0) is 24.0. The van der Waals surface area contributed by atoms with Gasteiger partial charge in [0.1, 0.15) is 11.7 Å². The summed E-state index contributed by atoms with van der Waals surface area (Å²) in [5.41, 5.74) is 2.55. The van der Waals surface area contributed by atoms with Crippen molar-refractivity contribution in [1.82, 2.24) is 0 Å². The quantitative estimate of drug-likeness (QED) is 0.508. The minimum absolute atomic E-state index is 0.381. The molecule has 2 fully saturated rings. The van der Waals surface area contributed by atoms with E-state index in [1.165, 1.54) is 29.3 Å². The van der Waals surface area contributed by atoms with E-state index in [4.69, 9.17) is 4.84 Å². The number of aryl methyl sites for hydroxylation is 1. The highest BCUT2D eigenvalue weighted by atomic mass is 19.4. The van der Waals surface area contributed by atoms with Gasteiger partial charge in [0.15, 0.2) is 6.10 Å². The molecule has 2 aliphatic heterocycles. The number of imide groups is 1. The standard InChI is InChI=1S/C25H19F3N2O4/c1-15-7-11-17(12-8-15)29-23(31)20-21(16-9-13-19(14-10-16)33-25(26,27)28)30(34-22(20)24(29)32)18-5-3-2-4-6-18/h2-14,20-22H,1H3/t20-,21+,22+/m1/s1. The number of benzene rings is 3. The van der Waals surface area contributed by atoms with Crippen molar-refractivity contribution >= 4 is 23.2 Å². The highest BCUT2D eigenvalue weighted by Gasteiger charge is 2.60. The predicted molar refractivity (Wildman–Crippen MR) is 117 cm³/mol. The Bertz CT molecular complexity index is 1210. The molecule has 2 aliphatic rings. The number of hydrogen-bond donors (Lipinski definition) is 0. The normalized spacial score (nSPS) is 22.3. The number of amides is 2. The lowest BCUT2D eigenvalue weighted by Gasteiger charge is -2.29. The summed E-state index contributed by atoms with van der Waals surface area (Å²) in [6.07, 6.45) is -5.88. The maximum atomic E-state index is 13.5. The summed E-state index contributed by atoms with van der Waals surface area (Å²) in [5.74, 6) is -2.19. The summed E-state index contributed by atoms with van der Waals surface area (Å²) in [4.78, 5) is 33.9. The van der Waals surface area contributed by atoms with E-state index in [9.17, 15) is 22.8 Å². The van der Waals surface area contributed by atoms with E-state index in [2.05, 4.69) is 4.74 Å². The molecule has 0 saturated carbocycles. The molecule has 0 N–H and O–H groups in total. The lowest BCUT2D eigenvalue weighted by Crippen LogP contribution is -2.37. The summed E-state index contributed by atoms with van der Waals surface area (Å²) >= 11 is 0. The molecule has 34 heavy (non-hydrogen) atoms. The Labute approximate surface area is 193 Å². The van der Waals surface area contributed by atoms with Gasteiger partial charge in [-0.15, -0.1) is 13.2 Å². The molecule has 0 aromatic heterocycles. The molecule has 2 saturated heterocycles. The summed E-state index contributed by atoms with van der Waals surface area (Å²) in [6.45, 7) is 1.90. The second kappa shape index (κ2) is 8.18. The van der Waals surface area contributed by atoms with Crippen molar-refractivity contribution in [3.8, 4) is 5.75 Å². The molecule has 0 radical (unpaired) electrons. The smallest absolute Gasteiger partial charge is 0.406 e. The molecule has 174 valence electrons. The number of para-hydroxylation sites is 1. The van der Waals surface area contributed by atoms with Crippen LogP contribution in [0, 0.1) is 12.8 Å². The number of hydrogen-bond acceptors (Lipinski definition) is 5. The number of carbonyl (C=O) groups is 2. The van der Waals surface area contributed by atoms with Crippen molar-refractivity contribution in [1.29, 1.82) is 0 Å². The lowest BCUT2D eigenvalue weighted by atomic mass is 9.90. The number of hydroxylamine groups is 1. The molecule has 2 heterocycles. The Hall–Kier alpha value is -3.85. The van der Waals surface area contributed by atoms with Crippen LogP contribution in [0.25, 0.3) is 0 Å². The van der Waals surface area contributed by atoms with E-state index in [1.807, 2.05) is 13.0 Å². The summed E-state index contributed by atoms with van der Waals surface area (Å²) in [6, 6.07) is 20.4. The number of rotatable bonds is 4. The number of carbonyl (C=O) groups excluding carboxylic acids is 2. The van der Waals surface area contributed by atoms with Gasteiger partial charge >= 0.3 is 6.36 Å². The molecular formula is C25H19F3N2O4.